The van der Waals surface area contributed by atoms with E-state index in [9.17, 15) is 13.2 Å². The van der Waals surface area contributed by atoms with Crippen molar-refractivity contribution in [3.63, 3.8) is 0 Å². The molecular formula is C23H31N3O4S. The van der Waals surface area contributed by atoms with Gasteiger partial charge in [-0.15, -0.1) is 0 Å². The zero-order chi connectivity index (χ0) is 22.4. The number of amides is 1. The molecule has 0 bridgehead atoms. The summed E-state index contributed by atoms with van der Waals surface area (Å²) in [5, 5.41) is 0. The first-order valence-corrected chi connectivity index (χ1v) is 12.0. The van der Waals surface area contributed by atoms with Crippen LogP contribution in [-0.4, -0.2) is 81.9 Å². The number of benzene rings is 2. The fourth-order valence-electron chi connectivity index (χ4n) is 3.45. The van der Waals surface area contributed by atoms with Crippen LogP contribution in [0.5, 0.6) is 5.75 Å². The molecule has 0 aromatic heterocycles. The molecule has 0 spiro atoms. The van der Waals surface area contributed by atoms with E-state index in [2.05, 4.69) is 11.8 Å². The zero-order valence-electron chi connectivity index (χ0n) is 18.5. The van der Waals surface area contributed by atoms with Gasteiger partial charge in [-0.25, -0.2) is 12.7 Å². The standard InChI is InChI=1S/C23H31N3O4S/c1-4-19-5-7-20(8-6-19)23(27)26-15-13-25(14-16-26)17-18-30-21-9-11-22(12-10-21)31(28,29)24(2)3/h5-12H,4,13-18H2,1-3H3. The van der Waals surface area contributed by atoms with Crippen LogP contribution in [0.2, 0.25) is 0 Å². The third kappa shape index (κ3) is 5.84. The van der Waals surface area contributed by atoms with Crippen LogP contribution >= 0.6 is 0 Å². The Morgan fingerprint density at radius 3 is 2.13 bits per heavy atom. The first kappa shape index (κ1) is 23.2. The van der Waals surface area contributed by atoms with Crippen LogP contribution in [0.3, 0.4) is 0 Å². The number of rotatable bonds is 8. The largest absolute Gasteiger partial charge is 0.492 e. The molecule has 1 heterocycles. The zero-order valence-corrected chi connectivity index (χ0v) is 19.3. The smallest absolute Gasteiger partial charge is 0.253 e. The Kier molecular flexibility index (Phi) is 7.69. The maximum absolute atomic E-state index is 12.7. The van der Waals surface area contributed by atoms with E-state index in [1.54, 1.807) is 24.3 Å². The molecule has 0 aliphatic carbocycles. The molecule has 0 atom stereocenters. The van der Waals surface area contributed by atoms with Gasteiger partial charge >= 0.3 is 0 Å². The number of sulfonamides is 1. The van der Waals surface area contributed by atoms with Crippen LogP contribution < -0.4 is 4.74 Å². The predicted octanol–water partition coefficient (Wildman–Crippen LogP) is 2.34. The van der Waals surface area contributed by atoms with Gasteiger partial charge in [-0.3, -0.25) is 9.69 Å². The topological polar surface area (TPSA) is 70.2 Å². The molecule has 31 heavy (non-hydrogen) atoms. The second-order valence-corrected chi connectivity index (χ2v) is 9.94. The van der Waals surface area contributed by atoms with Crippen LogP contribution in [0, 0.1) is 0 Å². The first-order chi connectivity index (χ1) is 14.8. The van der Waals surface area contributed by atoms with Crippen molar-refractivity contribution in [1.29, 1.82) is 0 Å². The molecule has 168 valence electrons. The summed E-state index contributed by atoms with van der Waals surface area (Å²) in [6.07, 6.45) is 0.967. The number of piperazine rings is 1. The molecule has 1 aliphatic rings. The molecule has 1 saturated heterocycles. The number of nitrogens with zero attached hydrogens (tertiary/aromatic N) is 3. The SMILES string of the molecule is CCc1ccc(C(=O)N2CCN(CCOc3ccc(S(=O)(=O)N(C)C)cc3)CC2)cc1. The van der Waals surface area contributed by atoms with Crippen molar-refractivity contribution in [2.75, 3.05) is 53.4 Å². The third-order valence-corrected chi connectivity index (χ3v) is 7.38. The highest BCUT2D eigenvalue weighted by molar-refractivity contribution is 7.89. The van der Waals surface area contributed by atoms with E-state index in [0.717, 1.165) is 31.6 Å². The normalized spacial score (nSPS) is 15.3. The minimum Gasteiger partial charge on any atom is -0.492 e. The second kappa shape index (κ2) is 10.3. The highest BCUT2D eigenvalue weighted by atomic mass is 32.2. The summed E-state index contributed by atoms with van der Waals surface area (Å²) in [4.78, 5) is 17.1. The lowest BCUT2D eigenvalue weighted by Gasteiger charge is -2.34. The van der Waals surface area contributed by atoms with Gasteiger partial charge in [0.05, 0.1) is 4.90 Å². The van der Waals surface area contributed by atoms with E-state index < -0.39 is 10.0 Å². The summed E-state index contributed by atoms with van der Waals surface area (Å²) < 4.78 is 31.2. The van der Waals surface area contributed by atoms with Crippen molar-refractivity contribution < 1.29 is 17.9 Å². The van der Waals surface area contributed by atoms with Crippen LogP contribution in [0.4, 0.5) is 0 Å². The van der Waals surface area contributed by atoms with Gasteiger partial charge < -0.3 is 9.64 Å². The van der Waals surface area contributed by atoms with E-state index in [0.29, 0.717) is 25.4 Å². The first-order valence-electron chi connectivity index (χ1n) is 10.6. The number of ether oxygens (including phenoxy) is 1. The molecule has 0 unspecified atom stereocenters. The van der Waals surface area contributed by atoms with Crippen LogP contribution in [0.25, 0.3) is 0 Å². The van der Waals surface area contributed by atoms with E-state index in [-0.39, 0.29) is 10.8 Å². The van der Waals surface area contributed by atoms with Gasteiger partial charge in [0.1, 0.15) is 12.4 Å². The maximum Gasteiger partial charge on any atom is 0.253 e. The van der Waals surface area contributed by atoms with Crippen molar-refractivity contribution in [2.45, 2.75) is 18.2 Å². The Hall–Kier alpha value is -2.42. The average molecular weight is 446 g/mol. The molecule has 1 fully saturated rings. The molecule has 0 saturated carbocycles. The summed E-state index contributed by atoms with van der Waals surface area (Å²) in [5.74, 6) is 0.730. The quantitative estimate of drug-likeness (QED) is 0.624. The summed E-state index contributed by atoms with van der Waals surface area (Å²) in [5.41, 5.74) is 1.98. The maximum atomic E-state index is 12.7. The summed E-state index contributed by atoms with van der Waals surface area (Å²) in [7, 11) is -0.412. The Labute approximate surface area is 185 Å². The van der Waals surface area contributed by atoms with Gasteiger partial charge in [0.15, 0.2) is 0 Å². The minimum atomic E-state index is -3.43. The number of hydrogen-bond acceptors (Lipinski definition) is 5. The fourth-order valence-corrected chi connectivity index (χ4v) is 4.35. The van der Waals surface area contributed by atoms with Gasteiger partial charge in [-0.1, -0.05) is 19.1 Å². The highest BCUT2D eigenvalue weighted by Crippen LogP contribution is 2.18. The molecule has 8 heteroatoms. The predicted molar refractivity (Wildman–Crippen MR) is 121 cm³/mol. The number of aryl methyl sites for hydroxylation is 1. The van der Waals surface area contributed by atoms with Gasteiger partial charge in [0, 0.05) is 52.4 Å². The second-order valence-electron chi connectivity index (χ2n) is 7.79. The summed E-state index contributed by atoms with van der Waals surface area (Å²) in [6, 6.07) is 14.3. The van der Waals surface area contributed by atoms with Gasteiger partial charge in [-0.05, 0) is 48.4 Å². The number of hydrogen-bond donors (Lipinski definition) is 0. The van der Waals surface area contributed by atoms with E-state index in [1.165, 1.54) is 24.0 Å². The molecule has 1 amide bonds. The van der Waals surface area contributed by atoms with Gasteiger partial charge in [0.2, 0.25) is 10.0 Å². The lowest BCUT2D eigenvalue weighted by molar-refractivity contribution is 0.0620. The van der Waals surface area contributed by atoms with Gasteiger partial charge in [-0.2, -0.15) is 0 Å². The molecule has 7 nitrogen and oxygen atoms in total. The molecule has 3 rings (SSSR count). The molecule has 2 aromatic carbocycles. The molecule has 0 N–H and O–H groups in total. The Morgan fingerprint density at radius 2 is 1.58 bits per heavy atom. The van der Waals surface area contributed by atoms with Crippen molar-refractivity contribution in [1.82, 2.24) is 14.1 Å². The third-order valence-electron chi connectivity index (χ3n) is 5.55. The average Bonchev–Trinajstić information content (AvgIpc) is 2.79. The van der Waals surface area contributed by atoms with Crippen molar-refractivity contribution in [3.8, 4) is 5.75 Å². The fraction of sp³-hybridized carbons (Fsp3) is 0.435. The Bertz CT molecular complexity index is 965. The molecular weight excluding hydrogens is 414 g/mol. The Balaban J connectivity index is 1.42. The summed E-state index contributed by atoms with van der Waals surface area (Å²) in [6.45, 7) is 6.38. The van der Waals surface area contributed by atoms with E-state index >= 15 is 0 Å². The van der Waals surface area contributed by atoms with E-state index in [1.807, 2.05) is 29.2 Å². The summed E-state index contributed by atoms with van der Waals surface area (Å²) >= 11 is 0. The molecule has 1 aliphatic heterocycles. The Morgan fingerprint density at radius 1 is 0.968 bits per heavy atom. The van der Waals surface area contributed by atoms with Crippen LogP contribution in [0.15, 0.2) is 53.4 Å². The minimum absolute atomic E-state index is 0.0892. The monoisotopic (exact) mass is 445 g/mol. The number of carbonyl (C=O) groups is 1. The lowest BCUT2D eigenvalue weighted by atomic mass is 10.1. The highest BCUT2D eigenvalue weighted by Gasteiger charge is 2.22. The van der Waals surface area contributed by atoms with Gasteiger partial charge in [0.25, 0.3) is 5.91 Å². The van der Waals surface area contributed by atoms with Crippen LogP contribution in [0.1, 0.15) is 22.8 Å². The molecule has 2 aromatic rings. The molecule has 0 radical (unpaired) electrons. The van der Waals surface area contributed by atoms with E-state index in [4.69, 9.17) is 4.74 Å². The lowest BCUT2D eigenvalue weighted by Crippen LogP contribution is -2.49. The van der Waals surface area contributed by atoms with Crippen molar-refractivity contribution >= 4 is 15.9 Å². The van der Waals surface area contributed by atoms with Crippen LogP contribution in [-0.2, 0) is 16.4 Å². The van der Waals surface area contributed by atoms with Crippen molar-refractivity contribution in [3.05, 3.63) is 59.7 Å². The van der Waals surface area contributed by atoms with Crippen molar-refractivity contribution in [2.24, 2.45) is 0 Å². The number of carbonyl (C=O) groups excluding carboxylic acids is 1.